The number of hydrogen-bond acceptors (Lipinski definition) is 5. The van der Waals surface area contributed by atoms with E-state index in [0.717, 1.165) is 64.0 Å². The van der Waals surface area contributed by atoms with Gasteiger partial charge in [-0.1, -0.05) is 0 Å². The van der Waals surface area contributed by atoms with Crippen molar-refractivity contribution in [3.63, 3.8) is 0 Å². The van der Waals surface area contributed by atoms with E-state index in [9.17, 15) is 4.79 Å². The SMILES string of the molecule is Cc1nccc(N2CCN(C(=O)N3CCNCC3)CC2)n1. The Morgan fingerprint density at radius 1 is 1.10 bits per heavy atom. The Bertz CT molecular complexity index is 494. The third kappa shape index (κ3) is 3.24. The van der Waals surface area contributed by atoms with Gasteiger partial charge in [0.2, 0.25) is 0 Å². The molecule has 3 heterocycles. The fourth-order valence-corrected chi connectivity index (χ4v) is 2.80. The van der Waals surface area contributed by atoms with Crippen molar-refractivity contribution in [1.29, 1.82) is 0 Å². The van der Waals surface area contributed by atoms with E-state index >= 15 is 0 Å². The first-order valence-electron chi connectivity index (χ1n) is 7.53. The van der Waals surface area contributed by atoms with Crippen LogP contribution in [0.15, 0.2) is 12.3 Å². The largest absolute Gasteiger partial charge is 0.353 e. The second kappa shape index (κ2) is 6.26. The number of aryl methyl sites for hydroxylation is 1. The molecule has 0 unspecified atom stereocenters. The Hall–Kier alpha value is -1.89. The number of urea groups is 1. The average Bonchev–Trinajstić information content (AvgIpc) is 2.55. The van der Waals surface area contributed by atoms with Gasteiger partial charge in [0.05, 0.1) is 0 Å². The van der Waals surface area contributed by atoms with Gasteiger partial charge in [-0.2, -0.15) is 0 Å². The molecule has 114 valence electrons. The molecule has 7 heteroatoms. The Balaban J connectivity index is 1.56. The van der Waals surface area contributed by atoms with Crippen molar-refractivity contribution in [2.75, 3.05) is 57.3 Å². The number of carbonyl (C=O) groups excluding carboxylic acids is 1. The highest BCUT2D eigenvalue weighted by atomic mass is 16.2. The Labute approximate surface area is 124 Å². The summed E-state index contributed by atoms with van der Waals surface area (Å²) in [5, 5.41) is 3.27. The molecule has 0 spiro atoms. The van der Waals surface area contributed by atoms with Crippen LogP contribution in [0.1, 0.15) is 5.82 Å². The maximum atomic E-state index is 12.4. The van der Waals surface area contributed by atoms with Crippen molar-refractivity contribution in [3.05, 3.63) is 18.1 Å². The molecule has 0 bridgehead atoms. The number of hydrogen-bond donors (Lipinski definition) is 1. The minimum Gasteiger partial charge on any atom is -0.353 e. The van der Waals surface area contributed by atoms with Crippen molar-refractivity contribution < 1.29 is 4.79 Å². The first kappa shape index (κ1) is 14.1. The van der Waals surface area contributed by atoms with Crippen LogP contribution in [-0.4, -0.2) is 78.2 Å². The maximum Gasteiger partial charge on any atom is 0.320 e. The molecule has 0 radical (unpaired) electrons. The van der Waals surface area contributed by atoms with E-state index in [-0.39, 0.29) is 6.03 Å². The fraction of sp³-hybridized carbons (Fsp3) is 0.643. The molecular formula is C14H22N6O. The topological polar surface area (TPSA) is 64.6 Å². The zero-order chi connectivity index (χ0) is 14.7. The third-order valence-electron chi connectivity index (χ3n) is 4.02. The lowest BCUT2D eigenvalue weighted by atomic mass is 10.3. The second-order valence-electron chi connectivity index (χ2n) is 5.46. The number of amides is 2. The zero-order valence-corrected chi connectivity index (χ0v) is 12.5. The van der Waals surface area contributed by atoms with E-state index in [1.807, 2.05) is 22.8 Å². The van der Waals surface area contributed by atoms with Crippen LogP contribution >= 0.6 is 0 Å². The predicted octanol–water partition coefficient (Wildman–Crippen LogP) is -0.0678. The molecule has 2 aliphatic rings. The molecule has 0 aromatic carbocycles. The van der Waals surface area contributed by atoms with Gasteiger partial charge in [0.1, 0.15) is 11.6 Å². The zero-order valence-electron chi connectivity index (χ0n) is 12.5. The highest BCUT2D eigenvalue weighted by Gasteiger charge is 2.26. The lowest BCUT2D eigenvalue weighted by molar-refractivity contribution is 0.144. The molecule has 2 saturated heterocycles. The summed E-state index contributed by atoms with van der Waals surface area (Å²) in [6, 6.07) is 2.11. The molecule has 0 atom stereocenters. The molecule has 7 nitrogen and oxygen atoms in total. The number of nitrogens with zero attached hydrogens (tertiary/aromatic N) is 5. The highest BCUT2D eigenvalue weighted by molar-refractivity contribution is 5.75. The van der Waals surface area contributed by atoms with Gasteiger partial charge in [0.15, 0.2) is 0 Å². The lowest BCUT2D eigenvalue weighted by Gasteiger charge is -2.39. The van der Waals surface area contributed by atoms with Crippen LogP contribution in [0.2, 0.25) is 0 Å². The van der Waals surface area contributed by atoms with Crippen LogP contribution < -0.4 is 10.2 Å². The van der Waals surface area contributed by atoms with Crippen LogP contribution in [0.4, 0.5) is 10.6 Å². The summed E-state index contributed by atoms with van der Waals surface area (Å²) in [7, 11) is 0. The number of anilines is 1. The van der Waals surface area contributed by atoms with Gasteiger partial charge in [0.25, 0.3) is 0 Å². The molecule has 0 aliphatic carbocycles. The van der Waals surface area contributed by atoms with E-state index in [1.54, 1.807) is 6.20 Å². The van der Waals surface area contributed by atoms with E-state index in [0.29, 0.717) is 0 Å². The summed E-state index contributed by atoms with van der Waals surface area (Å²) in [6.07, 6.45) is 1.79. The molecule has 2 amide bonds. The van der Waals surface area contributed by atoms with E-state index in [1.165, 1.54) is 0 Å². The number of piperazine rings is 2. The minimum atomic E-state index is 0.176. The molecular weight excluding hydrogens is 268 g/mol. The smallest absolute Gasteiger partial charge is 0.320 e. The third-order valence-corrected chi connectivity index (χ3v) is 4.02. The van der Waals surface area contributed by atoms with Crippen molar-refractivity contribution in [2.24, 2.45) is 0 Å². The summed E-state index contributed by atoms with van der Waals surface area (Å²) in [6.45, 7) is 8.47. The van der Waals surface area contributed by atoms with Gasteiger partial charge in [-0.05, 0) is 13.0 Å². The molecule has 1 aromatic rings. The molecule has 1 N–H and O–H groups in total. The Kier molecular flexibility index (Phi) is 4.19. The van der Waals surface area contributed by atoms with Gasteiger partial charge in [-0.15, -0.1) is 0 Å². The number of nitrogens with one attached hydrogen (secondary N) is 1. The molecule has 21 heavy (non-hydrogen) atoms. The summed E-state index contributed by atoms with van der Waals surface area (Å²) < 4.78 is 0. The van der Waals surface area contributed by atoms with Crippen molar-refractivity contribution >= 4 is 11.8 Å². The molecule has 2 fully saturated rings. The fourth-order valence-electron chi connectivity index (χ4n) is 2.80. The van der Waals surface area contributed by atoms with Crippen molar-refractivity contribution in [1.82, 2.24) is 25.1 Å². The van der Waals surface area contributed by atoms with E-state index in [2.05, 4.69) is 20.2 Å². The first-order chi connectivity index (χ1) is 10.2. The monoisotopic (exact) mass is 290 g/mol. The van der Waals surface area contributed by atoms with Crippen LogP contribution in [0.3, 0.4) is 0 Å². The minimum absolute atomic E-state index is 0.176. The number of rotatable bonds is 1. The Morgan fingerprint density at radius 3 is 2.43 bits per heavy atom. The van der Waals surface area contributed by atoms with Crippen LogP contribution in [-0.2, 0) is 0 Å². The number of carbonyl (C=O) groups is 1. The van der Waals surface area contributed by atoms with Gasteiger partial charge in [-0.3, -0.25) is 0 Å². The summed E-state index contributed by atoms with van der Waals surface area (Å²) in [5.41, 5.74) is 0. The first-order valence-corrected chi connectivity index (χ1v) is 7.53. The second-order valence-corrected chi connectivity index (χ2v) is 5.46. The normalized spacial score (nSPS) is 19.8. The Morgan fingerprint density at radius 2 is 1.76 bits per heavy atom. The lowest BCUT2D eigenvalue weighted by Crippen LogP contribution is -2.56. The molecule has 0 saturated carbocycles. The predicted molar refractivity (Wildman–Crippen MR) is 80.4 cm³/mol. The molecule has 2 aliphatic heterocycles. The quantitative estimate of drug-likeness (QED) is 0.784. The van der Waals surface area contributed by atoms with Gasteiger partial charge in [-0.25, -0.2) is 14.8 Å². The molecule has 3 rings (SSSR count). The van der Waals surface area contributed by atoms with Crippen LogP contribution in [0.25, 0.3) is 0 Å². The maximum absolute atomic E-state index is 12.4. The van der Waals surface area contributed by atoms with Gasteiger partial charge < -0.3 is 20.0 Å². The van der Waals surface area contributed by atoms with Crippen LogP contribution in [0.5, 0.6) is 0 Å². The van der Waals surface area contributed by atoms with Crippen LogP contribution in [0, 0.1) is 6.92 Å². The van der Waals surface area contributed by atoms with Gasteiger partial charge in [0, 0.05) is 58.6 Å². The highest BCUT2D eigenvalue weighted by Crippen LogP contribution is 2.14. The average molecular weight is 290 g/mol. The van der Waals surface area contributed by atoms with Gasteiger partial charge >= 0.3 is 6.03 Å². The van der Waals surface area contributed by atoms with E-state index < -0.39 is 0 Å². The summed E-state index contributed by atoms with van der Waals surface area (Å²) in [5.74, 6) is 1.74. The van der Waals surface area contributed by atoms with Crippen molar-refractivity contribution in [2.45, 2.75) is 6.92 Å². The summed E-state index contributed by atoms with van der Waals surface area (Å²) in [4.78, 5) is 27.1. The molecule has 1 aromatic heterocycles. The summed E-state index contributed by atoms with van der Waals surface area (Å²) >= 11 is 0. The number of aromatic nitrogens is 2. The van der Waals surface area contributed by atoms with E-state index in [4.69, 9.17) is 0 Å². The van der Waals surface area contributed by atoms with Crippen molar-refractivity contribution in [3.8, 4) is 0 Å². The standard InChI is InChI=1S/C14H22N6O/c1-12-16-3-2-13(17-12)18-8-10-20(11-9-18)14(21)19-6-4-15-5-7-19/h2-3,15H,4-11H2,1H3.